The van der Waals surface area contributed by atoms with Crippen molar-refractivity contribution in [3.8, 4) is 0 Å². The Morgan fingerprint density at radius 3 is 2.82 bits per heavy atom. The van der Waals surface area contributed by atoms with Crippen molar-refractivity contribution >= 4 is 11.3 Å². The van der Waals surface area contributed by atoms with E-state index in [2.05, 4.69) is 11.9 Å². The predicted molar refractivity (Wildman–Crippen MR) is 71.2 cm³/mol. The van der Waals surface area contributed by atoms with Gasteiger partial charge >= 0.3 is 0 Å². The maximum absolute atomic E-state index is 6.41. The van der Waals surface area contributed by atoms with E-state index in [1.54, 1.807) is 11.3 Å². The van der Waals surface area contributed by atoms with Crippen LogP contribution in [0.25, 0.3) is 0 Å². The van der Waals surface area contributed by atoms with Crippen LogP contribution in [0.4, 0.5) is 0 Å². The quantitative estimate of drug-likeness (QED) is 0.879. The van der Waals surface area contributed by atoms with Crippen LogP contribution >= 0.6 is 11.3 Å². The van der Waals surface area contributed by atoms with Crippen LogP contribution in [0.1, 0.15) is 43.9 Å². The van der Waals surface area contributed by atoms with Gasteiger partial charge in [0.05, 0.1) is 11.1 Å². The third-order valence-electron chi connectivity index (χ3n) is 3.71. The first-order valence-corrected chi connectivity index (χ1v) is 7.42. The molecule has 0 aromatic carbocycles. The first kappa shape index (κ1) is 13.0. The van der Waals surface area contributed by atoms with Crippen LogP contribution in [0.15, 0.2) is 11.7 Å². The molecule has 1 heterocycles. The van der Waals surface area contributed by atoms with Crippen LogP contribution < -0.4 is 5.73 Å². The summed E-state index contributed by atoms with van der Waals surface area (Å²) in [6.45, 7) is 2.83. The molecular weight excluding hydrogens is 232 g/mol. The summed E-state index contributed by atoms with van der Waals surface area (Å²) in [6.07, 6.45) is 8.86. The summed E-state index contributed by atoms with van der Waals surface area (Å²) in [7, 11) is 0. The van der Waals surface area contributed by atoms with E-state index in [9.17, 15) is 0 Å². The van der Waals surface area contributed by atoms with Gasteiger partial charge in [-0.15, -0.1) is 11.3 Å². The van der Waals surface area contributed by atoms with Gasteiger partial charge in [0.2, 0.25) is 0 Å². The molecule has 0 amide bonds. The van der Waals surface area contributed by atoms with Crippen LogP contribution in [-0.4, -0.2) is 23.2 Å². The molecule has 4 heteroatoms. The van der Waals surface area contributed by atoms with Crippen molar-refractivity contribution in [3.05, 3.63) is 16.6 Å². The first-order valence-electron chi connectivity index (χ1n) is 6.54. The van der Waals surface area contributed by atoms with Gasteiger partial charge in [-0.3, -0.25) is 4.98 Å². The van der Waals surface area contributed by atoms with Gasteiger partial charge in [0.15, 0.2) is 0 Å². The Morgan fingerprint density at radius 1 is 1.47 bits per heavy atom. The molecule has 2 rings (SSSR count). The van der Waals surface area contributed by atoms with Crippen LogP contribution in [-0.2, 0) is 11.2 Å². The van der Waals surface area contributed by atoms with Crippen LogP contribution in [0.5, 0.6) is 0 Å². The van der Waals surface area contributed by atoms with E-state index < -0.39 is 0 Å². The minimum atomic E-state index is -0.0863. The number of nitrogens with two attached hydrogens (primary N) is 1. The smallest absolute Gasteiger partial charge is 0.0836 e. The summed E-state index contributed by atoms with van der Waals surface area (Å²) in [4.78, 5) is 5.38. The number of ether oxygens (including phenoxy) is 1. The van der Waals surface area contributed by atoms with Gasteiger partial charge in [-0.05, 0) is 19.8 Å². The maximum Gasteiger partial charge on any atom is 0.0836 e. The second-order valence-electron chi connectivity index (χ2n) is 4.84. The van der Waals surface area contributed by atoms with E-state index in [0.29, 0.717) is 0 Å². The summed E-state index contributed by atoms with van der Waals surface area (Å²) < 4.78 is 6.04. The van der Waals surface area contributed by atoms with E-state index in [4.69, 9.17) is 10.5 Å². The molecule has 3 nitrogen and oxygen atoms in total. The minimum Gasteiger partial charge on any atom is -0.374 e. The Labute approximate surface area is 107 Å². The average molecular weight is 254 g/mol. The molecule has 1 aromatic rings. The molecule has 1 aromatic heterocycles. The van der Waals surface area contributed by atoms with Crippen LogP contribution in [0, 0.1) is 0 Å². The largest absolute Gasteiger partial charge is 0.374 e. The fourth-order valence-electron chi connectivity index (χ4n) is 2.81. The average Bonchev–Trinajstić information content (AvgIpc) is 2.83. The maximum atomic E-state index is 6.41. The summed E-state index contributed by atoms with van der Waals surface area (Å²) in [6, 6.07) is 0.100. The molecule has 1 saturated carbocycles. The van der Waals surface area contributed by atoms with Crippen molar-refractivity contribution in [3.63, 3.8) is 0 Å². The monoisotopic (exact) mass is 254 g/mol. The molecular formula is C13H22N2OS. The molecule has 0 radical (unpaired) electrons. The molecule has 0 saturated heterocycles. The van der Waals surface area contributed by atoms with E-state index >= 15 is 0 Å². The number of aromatic nitrogens is 1. The first-order chi connectivity index (χ1) is 8.27. The second-order valence-corrected chi connectivity index (χ2v) is 5.81. The highest BCUT2D eigenvalue weighted by atomic mass is 32.1. The number of nitrogens with zero attached hydrogens (tertiary/aromatic N) is 1. The van der Waals surface area contributed by atoms with Gasteiger partial charge in [0.25, 0.3) is 0 Å². The van der Waals surface area contributed by atoms with Gasteiger partial charge in [-0.25, -0.2) is 0 Å². The molecule has 0 bridgehead atoms. The summed E-state index contributed by atoms with van der Waals surface area (Å²) >= 11 is 1.69. The van der Waals surface area contributed by atoms with Gasteiger partial charge < -0.3 is 10.5 Å². The van der Waals surface area contributed by atoms with Crippen molar-refractivity contribution in [1.82, 2.24) is 4.98 Å². The van der Waals surface area contributed by atoms with Crippen LogP contribution in [0.3, 0.4) is 0 Å². The number of rotatable bonds is 5. The molecule has 1 fully saturated rings. The Hall–Kier alpha value is -0.450. The number of thiazole rings is 1. The molecule has 1 unspecified atom stereocenters. The highest BCUT2D eigenvalue weighted by Gasteiger charge is 2.38. The highest BCUT2D eigenvalue weighted by molar-refractivity contribution is 7.09. The SMILES string of the molecule is CCOC1(C(N)Cc2cncs2)CCCCC1. The van der Waals surface area contributed by atoms with Crippen molar-refractivity contribution in [2.75, 3.05) is 6.61 Å². The van der Waals surface area contributed by atoms with Crippen molar-refractivity contribution in [1.29, 1.82) is 0 Å². The molecule has 1 atom stereocenters. The molecule has 0 spiro atoms. The zero-order valence-corrected chi connectivity index (χ0v) is 11.3. The van der Waals surface area contributed by atoms with E-state index in [1.807, 2.05) is 11.7 Å². The van der Waals surface area contributed by atoms with E-state index in [0.717, 1.165) is 25.9 Å². The van der Waals surface area contributed by atoms with Gasteiger partial charge in [0, 0.05) is 30.1 Å². The second kappa shape index (κ2) is 5.94. The molecule has 1 aliphatic carbocycles. The fraction of sp³-hybridized carbons (Fsp3) is 0.769. The Balaban J connectivity index is 2.03. The fourth-order valence-corrected chi connectivity index (χ4v) is 3.46. The lowest BCUT2D eigenvalue weighted by Gasteiger charge is -2.41. The van der Waals surface area contributed by atoms with Gasteiger partial charge in [-0.1, -0.05) is 19.3 Å². The molecule has 1 aliphatic rings. The standard InChI is InChI=1S/C13H22N2OS/c1-2-16-13(6-4-3-5-7-13)12(14)8-11-9-15-10-17-11/h9-10,12H,2-8,14H2,1H3. The Morgan fingerprint density at radius 2 is 2.24 bits per heavy atom. The summed E-state index contributed by atoms with van der Waals surface area (Å²) in [5.74, 6) is 0. The zero-order chi connectivity index (χ0) is 12.1. The molecule has 0 aliphatic heterocycles. The van der Waals surface area contributed by atoms with E-state index in [1.165, 1.54) is 24.1 Å². The normalized spacial score (nSPS) is 21.3. The van der Waals surface area contributed by atoms with Crippen molar-refractivity contribution in [2.45, 2.75) is 57.1 Å². The minimum absolute atomic E-state index is 0.0863. The lowest BCUT2D eigenvalue weighted by molar-refractivity contribution is -0.0816. The molecule has 96 valence electrons. The van der Waals surface area contributed by atoms with Gasteiger partial charge in [-0.2, -0.15) is 0 Å². The molecule has 2 N–H and O–H groups in total. The third kappa shape index (κ3) is 3.06. The summed E-state index contributed by atoms with van der Waals surface area (Å²) in [5.41, 5.74) is 8.20. The number of hydrogen-bond donors (Lipinski definition) is 1. The Bertz CT molecular complexity index is 315. The van der Waals surface area contributed by atoms with Crippen molar-refractivity contribution < 1.29 is 4.74 Å². The topological polar surface area (TPSA) is 48.1 Å². The number of hydrogen-bond acceptors (Lipinski definition) is 4. The predicted octanol–water partition coefficient (Wildman–Crippen LogP) is 2.75. The lowest BCUT2D eigenvalue weighted by atomic mass is 9.78. The third-order valence-corrected chi connectivity index (χ3v) is 4.51. The van der Waals surface area contributed by atoms with Gasteiger partial charge in [0.1, 0.15) is 0 Å². The van der Waals surface area contributed by atoms with Crippen molar-refractivity contribution in [2.24, 2.45) is 5.73 Å². The highest BCUT2D eigenvalue weighted by Crippen LogP contribution is 2.35. The Kier molecular flexibility index (Phi) is 4.54. The molecule has 17 heavy (non-hydrogen) atoms. The zero-order valence-electron chi connectivity index (χ0n) is 10.5. The lowest BCUT2D eigenvalue weighted by Crippen LogP contribution is -2.52. The van der Waals surface area contributed by atoms with E-state index in [-0.39, 0.29) is 11.6 Å². The summed E-state index contributed by atoms with van der Waals surface area (Å²) in [5, 5.41) is 0. The van der Waals surface area contributed by atoms with Crippen LogP contribution in [0.2, 0.25) is 0 Å².